The summed E-state index contributed by atoms with van der Waals surface area (Å²) in [5, 5.41) is 29.5. The lowest BCUT2D eigenvalue weighted by molar-refractivity contribution is -0.274. The predicted molar refractivity (Wildman–Crippen MR) is 70.6 cm³/mol. The van der Waals surface area contributed by atoms with Crippen molar-refractivity contribution < 1.29 is 24.5 Å². The van der Waals surface area contributed by atoms with Crippen LogP contribution in [0.25, 0.3) is 0 Å². The molecule has 3 N–H and O–H groups in total. The van der Waals surface area contributed by atoms with Crippen molar-refractivity contribution in [1.29, 1.82) is 0 Å². The monoisotopic (exact) mass is 278 g/mol. The van der Waals surface area contributed by atoms with Crippen LogP contribution in [0.1, 0.15) is 27.7 Å². The number of hydrogen-bond donors (Lipinski definition) is 3. The Morgan fingerprint density at radius 1 is 1.06 bits per heavy atom. The molecule has 5 nitrogen and oxygen atoms in total. The molecule has 0 aromatic heterocycles. The number of rotatable bonds is 2. The summed E-state index contributed by atoms with van der Waals surface area (Å²) < 4.78 is 11.0. The first-order chi connectivity index (χ1) is 7.97. The van der Waals surface area contributed by atoms with Crippen LogP contribution in [0.15, 0.2) is 0 Å². The second-order valence-corrected chi connectivity index (χ2v) is 11.3. The van der Waals surface area contributed by atoms with Gasteiger partial charge >= 0.3 is 0 Å². The number of aliphatic hydroxyl groups excluding tert-OH is 3. The lowest BCUT2D eigenvalue weighted by Crippen LogP contribution is -2.61. The summed E-state index contributed by atoms with van der Waals surface area (Å²) in [4.78, 5) is 0. The Morgan fingerprint density at radius 2 is 1.56 bits per heavy atom. The molecule has 0 bridgehead atoms. The zero-order valence-electron chi connectivity index (χ0n) is 12.0. The van der Waals surface area contributed by atoms with Gasteiger partial charge in [-0.1, -0.05) is 20.8 Å². The summed E-state index contributed by atoms with van der Waals surface area (Å²) in [6.07, 6.45) is -4.82. The fraction of sp³-hybridized carbons (Fsp3) is 1.00. The SMILES string of the molecule is C[C@@H]1O[C@@H](O)[C@H](O)[C@H](O[Si](C)(C)C(C)(C)C)[C@H]1O. The fourth-order valence-electron chi connectivity index (χ4n) is 1.67. The average molecular weight is 278 g/mol. The maximum Gasteiger partial charge on any atom is 0.192 e. The van der Waals surface area contributed by atoms with E-state index < -0.39 is 39.0 Å². The molecule has 1 fully saturated rings. The Morgan fingerprint density at radius 3 is 2.00 bits per heavy atom. The van der Waals surface area contributed by atoms with Gasteiger partial charge in [0.25, 0.3) is 0 Å². The molecule has 18 heavy (non-hydrogen) atoms. The lowest BCUT2D eigenvalue weighted by atomic mass is 10.0. The molecular weight excluding hydrogens is 252 g/mol. The second kappa shape index (κ2) is 5.18. The van der Waals surface area contributed by atoms with E-state index in [9.17, 15) is 15.3 Å². The van der Waals surface area contributed by atoms with Crippen molar-refractivity contribution in [3.05, 3.63) is 0 Å². The molecule has 0 aromatic rings. The van der Waals surface area contributed by atoms with Gasteiger partial charge in [-0.05, 0) is 25.1 Å². The summed E-state index contributed by atoms with van der Waals surface area (Å²) in [7, 11) is -2.12. The van der Waals surface area contributed by atoms with Crippen molar-refractivity contribution in [1.82, 2.24) is 0 Å². The van der Waals surface area contributed by atoms with Gasteiger partial charge in [-0.2, -0.15) is 0 Å². The first-order valence-electron chi connectivity index (χ1n) is 6.35. The van der Waals surface area contributed by atoms with Crippen LogP contribution < -0.4 is 0 Å². The van der Waals surface area contributed by atoms with Gasteiger partial charge in [-0.15, -0.1) is 0 Å². The molecule has 0 spiro atoms. The van der Waals surface area contributed by atoms with Crippen LogP contribution in [0, 0.1) is 0 Å². The molecular formula is C12H26O5Si. The molecule has 6 heteroatoms. The highest BCUT2D eigenvalue weighted by atomic mass is 28.4. The largest absolute Gasteiger partial charge is 0.408 e. The van der Waals surface area contributed by atoms with E-state index in [1.54, 1.807) is 6.92 Å². The van der Waals surface area contributed by atoms with Crippen molar-refractivity contribution in [3.63, 3.8) is 0 Å². The summed E-state index contributed by atoms with van der Waals surface area (Å²) >= 11 is 0. The molecule has 0 radical (unpaired) electrons. The van der Waals surface area contributed by atoms with Gasteiger partial charge in [0.05, 0.1) is 6.10 Å². The molecule has 1 aliphatic rings. The van der Waals surface area contributed by atoms with Crippen molar-refractivity contribution in [2.45, 2.75) is 76.5 Å². The zero-order chi connectivity index (χ0) is 14.3. The Bertz CT molecular complexity index is 275. The lowest BCUT2D eigenvalue weighted by Gasteiger charge is -2.46. The highest BCUT2D eigenvalue weighted by Gasteiger charge is 2.48. The van der Waals surface area contributed by atoms with Gasteiger partial charge in [-0.25, -0.2) is 0 Å². The molecule has 1 heterocycles. The van der Waals surface area contributed by atoms with E-state index in [4.69, 9.17) is 9.16 Å². The predicted octanol–water partition coefficient (Wildman–Crippen LogP) is 0.836. The minimum Gasteiger partial charge on any atom is -0.408 e. The smallest absolute Gasteiger partial charge is 0.192 e. The van der Waals surface area contributed by atoms with Crippen LogP contribution in [-0.2, 0) is 9.16 Å². The molecule has 1 saturated heterocycles. The molecule has 108 valence electrons. The third-order valence-corrected chi connectivity index (χ3v) is 8.51. The topological polar surface area (TPSA) is 79.2 Å². The van der Waals surface area contributed by atoms with Crippen LogP contribution in [0.5, 0.6) is 0 Å². The first kappa shape index (κ1) is 16.1. The summed E-state index contributed by atoms with van der Waals surface area (Å²) in [6, 6.07) is 0. The average Bonchev–Trinajstić information content (AvgIpc) is 2.20. The molecule has 5 atom stereocenters. The molecule has 1 aliphatic heterocycles. The maximum absolute atomic E-state index is 10.1. The molecule has 1 rings (SSSR count). The summed E-state index contributed by atoms with van der Waals surface area (Å²) in [6.45, 7) is 12.0. The highest BCUT2D eigenvalue weighted by molar-refractivity contribution is 6.74. The molecule has 0 aliphatic carbocycles. The number of hydrogen-bond acceptors (Lipinski definition) is 5. The van der Waals surface area contributed by atoms with Crippen LogP contribution >= 0.6 is 0 Å². The third kappa shape index (κ3) is 3.12. The maximum atomic E-state index is 10.1. The Hall–Kier alpha value is 0.0169. The third-order valence-electron chi connectivity index (χ3n) is 4.04. The standard InChI is InChI=1S/C12H26O5Si/c1-7-8(13)10(9(14)11(15)16-7)17-18(5,6)12(2,3)4/h7-11,13-15H,1-6H3/t7-,8-,9+,10+,11+/m0/s1. The van der Waals surface area contributed by atoms with E-state index in [2.05, 4.69) is 20.8 Å². The van der Waals surface area contributed by atoms with E-state index >= 15 is 0 Å². The van der Waals surface area contributed by atoms with Gasteiger partial charge < -0.3 is 24.5 Å². The van der Waals surface area contributed by atoms with Gasteiger partial charge in [0.2, 0.25) is 0 Å². The van der Waals surface area contributed by atoms with Gasteiger partial charge in [0, 0.05) is 0 Å². The normalized spacial score (nSPS) is 38.8. The van der Waals surface area contributed by atoms with Crippen LogP contribution in [0.4, 0.5) is 0 Å². The number of ether oxygens (including phenoxy) is 1. The van der Waals surface area contributed by atoms with Gasteiger partial charge in [-0.3, -0.25) is 0 Å². The molecule has 0 unspecified atom stereocenters. The first-order valence-corrected chi connectivity index (χ1v) is 9.25. The van der Waals surface area contributed by atoms with Crippen LogP contribution in [0.2, 0.25) is 18.1 Å². The minimum atomic E-state index is -2.12. The van der Waals surface area contributed by atoms with Crippen LogP contribution in [0.3, 0.4) is 0 Å². The number of aliphatic hydroxyl groups is 3. The van der Waals surface area contributed by atoms with E-state index in [0.717, 1.165) is 0 Å². The molecule has 0 saturated carbocycles. The van der Waals surface area contributed by atoms with Crippen molar-refractivity contribution >= 4 is 8.32 Å². The van der Waals surface area contributed by atoms with Crippen molar-refractivity contribution in [2.75, 3.05) is 0 Å². The quantitative estimate of drug-likeness (QED) is 0.652. The zero-order valence-corrected chi connectivity index (χ0v) is 13.0. The van der Waals surface area contributed by atoms with Crippen molar-refractivity contribution in [2.24, 2.45) is 0 Å². The molecule has 0 aromatic carbocycles. The van der Waals surface area contributed by atoms with Gasteiger partial charge in [0.15, 0.2) is 14.6 Å². The summed E-state index contributed by atoms with van der Waals surface area (Å²) in [5.41, 5.74) is 0. The molecule has 0 amide bonds. The van der Waals surface area contributed by atoms with Crippen LogP contribution in [-0.4, -0.2) is 54.3 Å². The van der Waals surface area contributed by atoms with Crippen molar-refractivity contribution in [3.8, 4) is 0 Å². The van der Waals surface area contributed by atoms with E-state index in [0.29, 0.717) is 0 Å². The summed E-state index contributed by atoms with van der Waals surface area (Å²) in [5.74, 6) is 0. The van der Waals surface area contributed by atoms with E-state index in [1.165, 1.54) is 0 Å². The van der Waals surface area contributed by atoms with E-state index in [-0.39, 0.29) is 5.04 Å². The minimum absolute atomic E-state index is 0.0288. The van der Waals surface area contributed by atoms with Gasteiger partial charge in [0.1, 0.15) is 18.3 Å². The second-order valence-electron chi connectivity index (χ2n) is 6.56. The Kier molecular flexibility index (Phi) is 4.63. The van der Waals surface area contributed by atoms with E-state index in [1.807, 2.05) is 13.1 Å². The fourth-order valence-corrected chi connectivity index (χ4v) is 2.98. The Labute approximate surface area is 110 Å². The Balaban J connectivity index is 2.87. The highest BCUT2D eigenvalue weighted by Crippen LogP contribution is 2.39.